The second-order valence-corrected chi connectivity index (χ2v) is 18.8. The van der Waals surface area contributed by atoms with Gasteiger partial charge in [0.05, 0.1) is 23.5 Å². The number of hydrogen-bond donors (Lipinski definition) is 1. The van der Waals surface area contributed by atoms with Crippen molar-refractivity contribution < 1.29 is 66.7 Å². The Morgan fingerprint density at radius 3 is 1.97 bits per heavy atom. The molecule has 4 aromatic carbocycles. The van der Waals surface area contributed by atoms with E-state index in [9.17, 15) is 24.0 Å². The molecule has 0 radical (unpaired) electrons. The molecular weight excluding hydrogens is 899 g/mol. The van der Waals surface area contributed by atoms with E-state index in [2.05, 4.69) is 11.9 Å². The molecule has 5 aliphatic rings. The van der Waals surface area contributed by atoms with Gasteiger partial charge in [0.25, 0.3) is 5.91 Å². The number of benzene rings is 4. The van der Waals surface area contributed by atoms with Gasteiger partial charge in [0.2, 0.25) is 6.10 Å². The van der Waals surface area contributed by atoms with E-state index in [1.807, 2.05) is 0 Å². The molecule has 4 aliphatic carbocycles. The normalized spacial score (nSPS) is 28.8. The molecule has 0 bridgehead atoms. The van der Waals surface area contributed by atoms with Crippen molar-refractivity contribution in [1.82, 2.24) is 5.32 Å². The van der Waals surface area contributed by atoms with Gasteiger partial charge in [-0.3, -0.25) is 19.2 Å². The van der Waals surface area contributed by atoms with Gasteiger partial charge in [-0.25, -0.2) is 14.4 Å². The Hall–Kier alpha value is -7.39. The van der Waals surface area contributed by atoms with Crippen LogP contribution >= 0.6 is 0 Å². The lowest BCUT2D eigenvalue weighted by atomic mass is 9.56. The van der Waals surface area contributed by atoms with Crippen LogP contribution in [-0.2, 0) is 58.9 Å². The Labute approximate surface area is 404 Å². The summed E-state index contributed by atoms with van der Waals surface area (Å²) in [7, 11) is 0. The number of hydrogen-bond acceptors (Lipinski definition) is 14. The number of carbonyl (C=O) groups excluding carboxylic acids is 7. The largest absolute Gasteiger partial charge is 0.509 e. The molecular formula is C55H53NO14. The van der Waals surface area contributed by atoms with E-state index in [1.165, 1.54) is 13.8 Å². The minimum atomic E-state index is -1.89. The molecule has 1 aliphatic heterocycles. The van der Waals surface area contributed by atoms with E-state index in [0.29, 0.717) is 29.5 Å². The first kappa shape index (κ1) is 47.7. The second-order valence-electron chi connectivity index (χ2n) is 18.8. The fraction of sp³-hybridized carbons (Fsp3) is 0.364. The zero-order valence-corrected chi connectivity index (χ0v) is 39.1. The topological polar surface area (TPSA) is 196 Å². The SMILES string of the molecule is C=C(C)[C@@]12C[C@H](OC(=O)[C@H](OC(=O)OCc3ccccc3)[C@@H](NC(=O)c3ccccc3)c3ccccc3)C(C)=C1[C@@H](OC(C)=O)C(=O)[C@]13C[C@H]1C[C@H]1OC[C@@]1(OC(C)=O)[C@H]3[C@@H]2OC(=O)c1ccccc1. The molecule has 1 spiro atoms. The van der Waals surface area contributed by atoms with Crippen LogP contribution in [0.25, 0.3) is 0 Å². The summed E-state index contributed by atoms with van der Waals surface area (Å²) in [5.74, 6) is -5.73. The zero-order valence-electron chi connectivity index (χ0n) is 39.1. The van der Waals surface area contributed by atoms with Crippen molar-refractivity contribution in [2.45, 2.75) is 95.7 Å². The van der Waals surface area contributed by atoms with E-state index in [-0.39, 0.29) is 47.8 Å². The van der Waals surface area contributed by atoms with Crippen LogP contribution in [0.15, 0.2) is 145 Å². The quantitative estimate of drug-likeness (QED) is 0.0739. The molecule has 1 amide bonds. The van der Waals surface area contributed by atoms with Gasteiger partial charge in [-0.15, -0.1) is 0 Å². The van der Waals surface area contributed by atoms with Crippen molar-refractivity contribution in [3.05, 3.63) is 167 Å². The maximum Gasteiger partial charge on any atom is 0.509 e. The highest BCUT2D eigenvalue weighted by Crippen LogP contribution is 2.76. The fourth-order valence-corrected chi connectivity index (χ4v) is 11.6. The number of ketones is 1. The predicted octanol–water partition coefficient (Wildman–Crippen LogP) is 7.54. The Balaban J connectivity index is 1.16. The monoisotopic (exact) mass is 951 g/mol. The summed E-state index contributed by atoms with van der Waals surface area (Å²) in [4.78, 5) is 99.4. The van der Waals surface area contributed by atoms with E-state index in [0.717, 1.165) is 0 Å². The smallest absolute Gasteiger partial charge is 0.457 e. The summed E-state index contributed by atoms with van der Waals surface area (Å²) >= 11 is 0. The number of carbonyl (C=O) groups is 7. The Bertz CT molecular complexity index is 2760. The van der Waals surface area contributed by atoms with Crippen molar-refractivity contribution in [3.8, 4) is 0 Å². The Morgan fingerprint density at radius 2 is 1.39 bits per heavy atom. The molecule has 362 valence electrons. The lowest BCUT2D eigenvalue weighted by Crippen LogP contribution is -2.73. The first-order valence-corrected chi connectivity index (χ1v) is 23.2. The summed E-state index contributed by atoms with van der Waals surface area (Å²) < 4.78 is 43.1. The van der Waals surface area contributed by atoms with Crippen LogP contribution in [0.3, 0.4) is 0 Å². The van der Waals surface area contributed by atoms with Crippen LogP contribution in [0.2, 0.25) is 0 Å². The van der Waals surface area contributed by atoms with Crippen LogP contribution in [0.4, 0.5) is 4.79 Å². The maximum atomic E-state index is 15.6. The minimum Gasteiger partial charge on any atom is -0.457 e. The first-order chi connectivity index (χ1) is 33.6. The van der Waals surface area contributed by atoms with Gasteiger partial charge in [-0.05, 0) is 79.1 Å². The lowest BCUT2D eigenvalue weighted by Gasteiger charge is -2.59. The summed E-state index contributed by atoms with van der Waals surface area (Å²) in [5.41, 5.74) is -2.10. The van der Waals surface area contributed by atoms with Crippen LogP contribution in [-0.4, -0.2) is 84.5 Å². The van der Waals surface area contributed by atoms with Crippen molar-refractivity contribution in [2.24, 2.45) is 22.7 Å². The second kappa shape index (κ2) is 18.8. The third kappa shape index (κ3) is 8.35. The van der Waals surface area contributed by atoms with Crippen molar-refractivity contribution in [2.75, 3.05) is 6.61 Å². The number of Topliss-reactive ketones (excluding diaryl/α,β-unsaturated/α-hetero) is 1. The molecule has 4 aromatic rings. The molecule has 9 rings (SSSR count). The third-order valence-corrected chi connectivity index (χ3v) is 14.8. The molecule has 0 aromatic heterocycles. The summed E-state index contributed by atoms with van der Waals surface area (Å²) in [6, 6.07) is 32.4. The van der Waals surface area contributed by atoms with Crippen LogP contribution in [0.5, 0.6) is 0 Å². The van der Waals surface area contributed by atoms with Crippen LogP contribution < -0.4 is 5.32 Å². The van der Waals surface area contributed by atoms with Crippen molar-refractivity contribution in [3.63, 3.8) is 0 Å². The van der Waals surface area contributed by atoms with E-state index < -0.39 is 101 Å². The number of amides is 1. The lowest BCUT2D eigenvalue weighted by molar-refractivity contribution is -0.308. The highest BCUT2D eigenvalue weighted by molar-refractivity contribution is 5.99. The molecule has 1 heterocycles. The molecule has 4 fully saturated rings. The third-order valence-electron chi connectivity index (χ3n) is 14.8. The van der Waals surface area contributed by atoms with E-state index >= 15 is 9.59 Å². The van der Waals surface area contributed by atoms with Gasteiger partial charge in [-0.1, -0.05) is 109 Å². The predicted molar refractivity (Wildman–Crippen MR) is 248 cm³/mol. The van der Waals surface area contributed by atoms with Gasteiger partial charge in [-0.2, -0.15) is 0 Å². The number of nitrogens with one attached hydrogen (secondary N) is 1. The molecule has 15 nitrogen and oxygen atoms in total. The summed E-state index contributed by atoms with van der Waals surface area (Å²) in [5, 5.41) is 2.87. The molecule has 15 heteroatoms. The molecule has 0 unspecified atom stereocenters. The average Bonchev–Trinajstić information content (AvgIpc) is 4.02. The van der Waals surface area contributed by atoms with Gasteiger partial charge in [0.15, 0.2) is 17.5 Å². The van der Waals surface area contributed by atoms with Crippen molar-refractivity contribution in [1.29, 1.82) is 0 Å². The molecule has 70 heavy (non-hydrogen) atoms. The number of rotatable bonds is 14. The molecule has 3 saturated carbocycles. The fourth-order valence-electron chi connectivity index (χ4n) is 11.6. The van der Waals surface area contributed by atoms with E-state index in [1.54, 1.807) is 135 Å². The summed E-state index contributed by atoms with van der Waals surface area (Å²) in [6.45, 7) is 9.89. The van der Waals surface area contributed by atoms with Crippen molar-refractivity contribution >= 4 is 41.7 Å². The van der Waals surface area contributed by atoms with Gasteiger partial charge >= 0.3 is 30.0 Å². The number of fused-ring (bicyclic) bond motifs is 3. The Kier molecular flexibility index (Phi) is 12.8. The highest BCUT2D eigenvalue weighted by Gasteiger charge is 2.84. The minimum absolute atomic E-state index is 0.112. The van der Waals surface area contributed by atoms with Gasteiger partial charge < -0.3 is 38.5 Å². The zero-order chi connectivity index (χ0) is 49.5. The average molecular weight is 952 g/mol. The van der Waals surface area contributed by atoms with Gasteiger partial charge in [0, 0.05) is 31.2 Å². The first-order valence-electron chi connectivity index (χ1n) is 23.2. The number of esters is 4. The standard InChI is InChI=1S/C55H53NO14/c1-31(2)53-28-40(67-51(62)45(68-52(63)64-29-35-18-10-6-11-19-35)43(36-20-12-7-13-21-36)56-49(60)37-22-14-8-15-23-37)32(3)42(53)44(66-33(4)57)47(59)54-27-39(54)26-41-55(30-65-41,70-34(5)58)46(54)48(53)69-50(61)38-24-16-9-17-25-38/h6-25,39-41,43-46,48H,1,26-30H2,2-5H3,(H,56,60)/t39-,40+,41-,43+,44-,45-,46+,48+,53+,54-,55+/m1/s1. The molecule has 1 N–H and O–H groups in total. The van der Waals surface area contributed by atoms with Gasteiger partial charge in [0.1, 0.15) is 31.0 Å². The maximum absolute atomic E-state index is 15.6. The highest BCUT2D eigenvalue weighted by atomic mass is 16.7. The van der Waals surface area contributed by atoms with E-state index in [4.69, 9.17) is 33.2 Å². The molecule has 11 atom stereocenters. The Morgan fingerprint density at radius 1 is 0.771 bits per heavy atom. The van der Waals surface area contributed by atoms with Crippen LogP contribution in [0, 0.1) is 22.7 Å². The number of ether oxygens (including phenoxy) is 7. The van der Waals surface area contributed by atoms with Crippen LogP contribution in [0.1, 0.15) is 84.8 Å². The summed E-state index contributed by atoms with van der Waals surface area (Å²) in [6.07, 6.45) is -7.58. The molecule has 1 saturated heterocycles.